The van der Waals surface area contributed by atoms with Gasteiger partial charge < -0.3 is 10.2 Å². The minimum absolute atomic E-state index is 0. The number of piperidine rings is 1. The van der Waals surface area contributed by atoms with Crippen LogP contribution in [0.3, 0.4) is 0 Å². The highest BCUT2D eigenvalue weighted by Crippen LogP contribution is 2.37. The number of hydrogen-bond donors (Lipinski definition) is 1. The molecule has 3 heterocycles. The van der Waals surface area contributed by atoms with Crippen LogP contribution in [0.4, 0.5) is 0 Å². The number of halogens is 2. The molecule has 0 bridgehead atoms. The van der Waals surface area contributed by atoms with E-state index in [1.807, 2.05) is 29.2 Å². The van der Waals surface area contributed by atoms with Gasteiger partial charge in [0.25, 0.3) is 5.91 Å². The summed E-state index contributed by atoms with van der Waals surface area (Å²) in [7, 11) is 0. The van der Waals surface area contributed by atoms with Crippen molar-refractivity contribution in [2.75, 3.05) is 26.2 Å². The number of nitrogens with zero attached hydrogens (tertiary/aromatic N) is 4. The number of carbonyl (C=O) groups is 1. The summed E-state index contributed by atoms with van der Waals surface area (Å²) in [5.41, 5.74) is 2.58. The Morgan fingerprint density at radius 1 is 1.29 bits per heavy atom. The highest BCUT2D eigenvalue weighted by atomic mass is 35.5. The Hall–Kier alpha value is -1.63. The minimum Gasteiger partial charge on any atom is -0.337 e. The van der Waals surface area contributed by atoms with Crippen LogP contribution in [-0.4, -0.2) is 52.0 Å². The molecule has 8 heteroatoms. The molecule has 2 aromatic rings. The molecule has 1 aromatic carbocycles. The maximum absolute atomic E-state index is 13.2. The van der Waals surface area contributed by atoms with E-state index in [0.29, 0.717) is 16.1 Å². The second-order valence-corrected chi connectivity index (χ2v) is 8.18. The van der Waals surface area contributed by atoms with Gasteiger partial charge in [0.05, 0.1) is 11.4 Å². The van der Waals surface area contributed by atoms with Gasteiger partial charge in [0.2, 0.25) is 0 Å². The molecule has 0 unspecified atom stereocenters. The first-order valence-corrected chi connectivity index (χ1v) is 10.2. The fourth-order valence-electron chi connectivity index (χ4n) is 4.30. The van der Waals surface area contributed by atoms with Crippen molar-refractivity contribution in [3.63, 3.8) is 0 Å². The minimum atomic E-state index is 0. The third-order valence-electron chi connectivity index (χ3n) is 5.95. The third kappa shape index (κ3) is 4.04. The molecule has 28 heavy (non-hydrogen) atoms. The van der Waals surface area contributed by atoms with Crippen LogP contribution in [0.25, 0.3) is 5.69 Å². The summed E-state index contributed by atoms with van der Waals surface area (Å²) in [6, 6.07) is 7.50. The van der Waals surface area contributed by atoms with Gasteiger partial charge in [-0.15, -0.1) is 17.5 Å². The van der Waals surface area contributed by atoms with Crippen LogP contribution < -0.4 is 5.32 Å². The molecule has 0 atom stereocenters. The van der Waals surface area contributed by atoms with Crippen molar-refractivity contribution in [2.45, 2.75) is 39.0 Å². The predicted molar refractivity (Wildman–Crippen MR) is 113 cm³/mol. The van der Waals surface area contributed by atoms with Gasteiger partial charge in [-0.3, -0.25) is 4.79 Å². The van der Waals surface area contributed by atoms with E-state index in [1.54, 1.807) is 4.68 Å². The van der Waals surface area contributed by atoms with Gasteiger partial charge in [-0.05, 0) is 55.8 Å². The van der Waals surface area contributed by atoms with Gasteiger partial charge in [0.15, 0.2) is 5.69 Å². The Balaban J connectivity index is 0.00000225. The third-order valence-corrected chi connectivity index (χ3v) is 6.18. The second-order valence-electron chi connectivity index (χ2n) is 7.75. The largest absolute Gasteiger partial charge is 0.337 e. The lowest BCUT2D eigenvalue weighted by atomic mass is 9.78. The number of likely N-dealkylation sites (tertiary alicyclic amines) is 1. The van der Waals surface area contributed by atoms with Crippen LogP contribution in [0.5, 0.6) is 0 Å². The number of rotatable bonds is 4. The van der Waals surface area contributed by atoms with E-state index in [2.05, 4.69) is 22.6 Å². The van der Waals surface area contributed by atoms with E-state index >= 15 is 0 Å². The molecule has 1 amide bonds. The van der Waals surface area contributed by atoms with Gasteiger partial charge in [0.1, 0.15) is 0 Å². The molecule has 152 valence electrons. The summed E-state index contributed by atoms with van der Waals surface area (Å²) in [5.74, 6) is 0.00698. The zero-order valence-electron chi connectivity index (χ0n) is 16.2. The number of amides is 1. The molecule has 0 radical (unpaired) electrons. The average molecular weight is 424 g/mol. The Morgan fingerprint density at radius 3 is 2.71 bits per heavy atom. The van der Waals surface area contributed by atoms with E-state index in [4.69, 9.17) is 11.6 Å². The molecule has 2 saturated heterocycles. The lowest BCUT2D eigenvalue weighted by molar-refractivity contribution is 0.0600. The molecule has 1 N–H and O–H groups in total. The van der Waals surface area contributed by atoms with Gasteiger partial charge in [-0.25, -0.2) is 4.68 Å². The average Bonchev–Trinajstić information content (AvgIpc) is 3.30. The van der Waals surface area contributed by atoms with Crippen LogP contribution in [0, 0.1) is 5.41 Å². The van der Waals surface area contributed by atoms with Gasteiger partial charge in [0, 0.05) is 24.7 Å². The number of hydrogen-bond acceptors (Lipinski definition) is 4. The topological polar surface area (TPSA) is 63.1 Å². The van der Waals surface area contributed by atoms with Gasteiger partial charge in [-0.1, -0.05) is 36.2 Å². The molecule has 0 aliphatic carbocycles. The Kier molecular flexibility index (Phi) is 6.63. The fraction of sp³-hybridized carbons (Fsp3) is 0.550. The van der Waals surface area contributed by atoms with Crippen LogP contribution in [0.15, 0.2) is 24.3 Å². The first kappa shape index (κ1) is 21.1. The van der Waals surface area contributed by atoms with Crippen LogP contribution in [0.2, 0.25) is 5.02 Å². The van der Waals surface area contributed by atoms with Crippen LogP contribution in [0.1, 0.15) is 48.8 Å². The number of benzene rings is 1. The van der Waals surface area contributed by atoms with E-state index in [1.165, 1.54) is 6.42 Å². The normalized spacial score (nSPS) is 18.3. The lowest BCUT2D eigenvalue weighted by Gasteiger charge is -2.38. The van der Waals surface area contributed by atoms with Gasteiger partial charge in [-0.2, -0.15) is 0 Å². The summed E-state index contributed by atoms with van der Waals surface area (Å²) in [6.07, 6.45) is 5.03. The number of aromatic nitrogens is 3. The summed E-state index contributed by atoms with van der Waals surface area (Å²) in [6.45, 7) is 5.89. The zero-order valence-corrected chi connectivity index (χ0v) is 17.7. The molecule has 1 aromatic heterocycles. The Labute approximate surface area is 177 Å². The first-order chi connectivity index (χ1) is 13.1. The molecule has 2 aliphatic rings. The van der Waals surface area contributed by atoms with Crippen LogP contribution in [-0.2, 0) is 6.42 Å². The highest BCUT2D eigenvalue weighted by Gasteiger charge is 2.39. The summed E-state index contributed by atoms with van der Waals surface area (Å²) in [5, 5.41) is 12.7. The SMILES string of the molecule is CCCc1c(C(=O)N2CCC3(CCNC3)CC2)nnn1-c1cccc(Cl)c1.Cl. The monoisotopic (exact) mass is 423 g/mol. The molecule has 2 aliphatic heterocycles. The summed E-state index contributed by atoms with van der Waals surface area (Å²) in [4.78, 5) is 15.1. The van der Waals surface area contributed by atoms with E-state index in [-0.39, 0.29) is 18.3 Å². The zero-order chi connectivity index (χ0) is 18.9. The summed E-state index contributed by atoms with van der Waals surface area (Å²) < 4.78 is 1.76. The van der Waals surface area contributed by atoms with Crippen molar-refractivity contribution in [3.05, 3.63) is 40.7 Å². The van der Waals surface area contributed by atoms with Crippen molar-refractivity contribution in [1.82, 2.24) is 25.2 Å². The quantitative estimate of drug-likeness (QED) is 0.816. The molecule has 6 nitrogen and oxygen atoms in total. The lowest BCUT2D eigenvalue weighted by Crippen LogP contribution is -2.44. The van der Waals surface area contributed by atoms with Crippen molar-refractivity contribution >= 4 is 29.9 Å². The van der Waals surface area contributed by atoms with Gasteiger partial charge >= 0.3 is 0 Å². The predicted octanol–water partition coefficient (Wildman–Crippen LogP) is 3.51. The van der Waals surface area contributed by atoms with E-state index < -0.39 is 0 Å². The standard InChI is InChI=1S/C20H26ClN5O.ClH/c1-2-4-17-18(23-24-26(17)16-6-3-5-15(21)13-16)19(27)25-11-8-20(9-12-25)7-10-22-14-20;/h3,5-6,13,22H,2,4,7-12,14H2,1H3;1H. The van der Waals surface area contributed by atoms with Crippen molar-refractivity contribution in [3.8, 4) is 5.69 Å². The van der Waals surface area contributed by atoms with E-state index in [9.17, 15) is 4.79 Å². The van der Waals surface area contributed by atoms with Crippen molar-refractivity contribution in [1.29, 1.82) is 0 Å². The summed E-state index contributed by atoms with van der Waals surface area (Å²) >= 11 is 6.13. The molecule has 1 spiro atoms. The number of nitrogens with one attached hydrogen (secondary N) is 1. The highest BCUT2D eigenvalue weighted by molar-refractivity contribution is 6.30. The molecular formula is C20H27Cl2N5O. The molecule has 4 rings (SSSR count). The Morgan fingerprint density at radius 2 is 2.07 bits per heavy atom. The maximum Gasteiger partial charge on any atom is 0.276 e. The first-order valence-electron chi connectivity index (χ1n) is 9.82. The Bertz CT molecular complexity index is 822. The fourth-order valence-corrected chi connectivity index (χ4v) is 4.48. The molecule has 2 fully saturated rings. The molecular weight excluding hydrogens is 397 g/mol. The van der Waals surface area contributed by atoms with Crippen LogP contribution >= 0.6 is 24.0 Å². The molecule has 0 saturated carbocycles. The maximum atomic E-state index is 13.2. The smallest absolute Gasteiger partial charge is 0.276 e. The van der Waals surface area contributed by atoms with Crippen molar-refractivity contribution in [2.24, 2.45) is 5.41 Å². The van der Waals surface area contributed by atoms with E-state index in [0.717, 1.165) is 63.2 Å². The van der Waals surface area contributed by atoms with Crippen molar-refractivity contribution < 1.29 is 4.79 Å². The number of carbonyl (C=O) groups excluding carboxylic acids is 1. The second kappa shape index (κ2) is 8.80.